The molecule has 0 atom stereocenters. The van der Waals surface area contributed by atoms with Crippen molar-refractivity contribution in [3.63, 3.8) is 0 Å². The van der Waals surface area contributed by atoms with E-state index in [-0.39, 0.29) is 18.5 Å². The SMILES string of the molecule is Cn1nc(N(CCO)C2CCCCC2)c(=O)n(C)c1=O. The first-order valence-electron chi connectivity index (χ1n) is 7.08. The van der Waals surface area contributed by atoms with Crippen molar-refractivity contribution in [1.29, 1.82) is 0 Å². The maximum Gasteiger partial charge on any atom is 0.346 e. The van der Waals surface area contributed by atoms with Crippen LogP contribution in [0.4, 0.5) is 5.82 Å². The Bertz CT molecular complexity index is 572. The van der Waals surface area contributed by atoms with Crippen molar-refractivity contribution >= 4 is 5.82 Å². The van der Waals surface area contributed by atoms with Gasteiger partial charge in [-0.15, -0.1) is 5.10 Å². The second-order valence-corrected chi connectivity index (χ2v) is 5.30. The van der Waals surface area contributed by atoms with E-state index < -0.39 is 11.2 Å². The summed E-state index contributed by atoms with van der Waals surface area (Å²) in [6.07, 6.45) is 5.45. The molecule has 0 spiro atoms. The van der Waals surface area contributed by atoms with Gasteiger partial charge in [0, 0.05) is 26.7 Å². The van der Waals surface area contributed by atoms with Crippen LogP contribution in [0.25, 0.3) is 0 Å². The standard InChI is InChI=1S/C13H22N4O3/c1-15-12(19)11(14-16(2)13(15)20)17(8-9-18)10-6-4-3-5-7-10/h10,18H,3-9H2,1-2H3. The third-order valence-corrected chi connectivity index (χ3v) is 3.93. The van der Waals surface area contributed by atoms with Gasteiger partial charge in [-0.25, -0.2) is 9.48 Å². The quantitative estimate of drug-likeness (QED) is 0.813. The molecule has 7 nitrogen and oxygen atoms in total. The van der Waals surface area contributed by atoms with Crippen LogP contribution >= 0.6 is 0 Å². The highest BCUT2D eigenvalue weighted by molar-refractivity contribution is 5.36. The van der Waals surface area contributed by atoms with Crippen molar-refractivity contribution in [1.82, 2.24) is 14.3 Å². The summed E-state index contributed by atoms with van der Waals surface area (Å²) in [4.78, 5) is 25.8. The van der Waals surface area contributed by atoms with Gasteiger partial charge in [0.15, 0.2) is 0 Å². The zero-order valence-corrected chi connectivity index (χ0v) is 12.1. The average molecular weight is 282 g/mol. The van der Waals surface area contributed by atoms with Crippen LogP contribution in [-0.2, 0) is 14.1 Å². The summed E-state index contributed by atoms with van der Waals surface area (Å²) in [7, 11) is 2.98. The van der Waals surface area contributed by atoms with Gasteiger partial charge in [-0.2, -0.15) is 0 Å². The lowest BCUT2D eigenvalue weighted by molar-refractivity contribution is 0.288. The summed E-state index contributed by atoms with van der Waals surface area (Å²) in [5, 5.41) is 13.4. The van der Waals surface area contributed by atoms with E-state index in [1.54, 1.807) is 0 Å². The normalized spacial score (nSPS) is 16.4. The molecule has 7 heteroatoms. The maximum atomic E-state index is 12.3. The van der Waals surface area contributed by atoms with Crippen LogP contribution in [-0.4, -0.2) is 38.6 Å². The maximum absolute atomic E-state index is 12.3. The molecule has 1 aromatic rings. The molecule has 1 heterocycles. The zero-order valence-electron chi connectivity index (χ0n) is 12.1. The molecule has 0 bridgehead atoms. The molecule has 1 fully saturated rings. The Kier molecular flexibility index (Phi) is 4.59. The minimum atomic E-state index is -0.439. The van der Waals surface area contributed by atoms with E-state index in [1.165, 1.54) is 25.2 Å². The Morgan fingerprint density at radius 2 is 1.90 bits per heavy atom. The molecule has 2 rings (SSSR count). The summed E-state index contributed by atoms with van der Waals surface area (Å²) in [5.74, 6) is 0.260. The van der Waals surface area contributed by atoms with E-state index in [0.717, 1.165) is 30.3 Å². The molecule has 20 heavy (non-hydrogen) atoms. The van der Waals surface area contributed by atoms with Crippen LogP contribution < -0.4 is 16.1 Å². The monoisotopic (exact) mass is 282 g/mol. The van der Waals surface area contributed by atoms with E-state index in [0.29, 0.717) is 6.54 Å². The Morgan fingerprint density at radius 3 is 2.50 bits per heavy atom. The van der Waals surface area contributed by atoms with Crippen molar-refractivity contribution in [3.05, 3.63) is 20.8 Å². The van der Waals surface area contributed by atoms with Crippen molar-refractivity contribution < 1.29 is 5.11 Å². The molecule has 0 amide bonds. The first-order valence-corrected chi connectivity index (χ1v) is 7.08. The van der Waals surface area contributed by atoms with Gasteiger partial charge in [-0.05, 0) is 12.8 Å². The number of aryl methyl sites for hydroxylation is 1. The summed E-state index contributed by atoms with van der Waals surface area (Å²) in [6.45, 7) is 0.329. The van der Waals surface area contributed by atoms with Gasteiger partial charge in [0.05, 0.1) is 6.61 Å². The summed E-state index contributed by atoms with van der Waals surface area (Å²) in [5.41, 5.74) is -0.835. The first kappa shape index (κ1) is 14.8. The fraction of sp³-hybridized carbons (Fsp3) is 0.769. The number of aliphatic hydroxyl groups is 1. The molecule has 1 aliphatic carbocycles. The van der Waals surface area contributed by atoms with Gasteiger partial charge in [0.25, 0.3) is 5.56 Å². The molecule has 0 aliphatic heterocycles. The fourth-order valence-electron chi connectivity index (χ4n) is 2.82. The van der Waals surface area contributed by atoms with E-state index in [1.807, 2.05) is 4.90 Å². The topological polar surface area (TPSA) is 80.4 Å². The van der Waals surface area contributed by atoms with Crippen LogP contribution in [0, 0.1) is 0 Å². The predicted molar refractivity (Wildman–Crippen MR) is 76.0 cm³/mol. The molecule has 1 saturated carbocycles. The van der Waals surface area contributed by atoms with Gasteiger partial charge in [-0.3, -0.25) is 9.36 Å². The number of rotatable bonds is 4. The fourth-order valence-corrected chi connectivity index (χ4v) is 2.82. The minimum absolute atomic E-state index is 0.0375. The molecule has 112 valence electrons. The van der Waals surface area contributed by atoms with Crippen molar-refractivity contribution in [2.24, 2.45) is 14.1 Å². The largest absolute Gasteiger partial charge is 0.395 e. The summed E-state index contributed by atoms with van der Waals surface area (Å²) in [6, 6.07) is 0.216. The van der Waals surface area contributed by atoms with Crippen molar-refractivity contribution in [2.75, 3.05) is 18.1 Å². The number of aliphatic hydroxyl groups excluding tert-OH is 1. The average Bonchev–Trinajstić information content (AvgIpc) is 2.47. The molecular formula is C13H22N4O3. The van der Waals surface area contributed by atoms with E-state index in [2.05, 4.69) is 5.10 Å². The molecule has 0 saturated heterocycles. The van der Waals surface area contributed by atoms with E-state index >= 15 is 0 Å². The number of hydrogen-bond acceptors (Lipinski definition) is 5. The number of anilines is 1. The third kappa shape index (κ3) is 2.77. The highest BCUT2D eigenvalue weighted by atomic mass is 16.3. The smallest absolute Gasteiger partial charge is 0.346 e. The van der Waals surface area contributed by atoms with Gasteiger partial charge < -0.3 is 10.0 Å². The highest BCUT2D eigenvalue weighted by Gasteiger charge is 2.25. The molecule has 0 unspecified atom stereocenters. The van der Waals surface area contributed by atoms with E-state index in [9.17, 15) is 14.7 Å². The molecule has 1 N–H and O–H groups in total. The molecule has 0 aromatic carbocycles. The van der Waals surface area contributed by atoms with Crippen LogP contribution in [0.15, 0.2) is 9.59 Å². The Labute approximate surface area is 117 Å². The second-order valence-electron chi connectivity index (χ2n) is 5.30. The van der Waals surface area contributed by atoms with Crippen molar-refractivity contribution in [2.45, 2.75) is 38.1 Å². The second kappa shape index (κ2) is 6.21. The molecular weight excluding hydrogens is 260 g/mol. The Balaban J connectivity index is 2.43. The highest BCUT2D eigenvalue weighted by Crippen LogP contribution is 2.24. The van der Waals surface area contributed by atoms with Crippen LogP contribution in [0.3, 0.4) is 0 Å². The zero-order chi connectivity index (χ0) is 14.7. The van der Waals surface area contributed by atoms with Gasteiger partial charge in [-0.1, -0.05) is 19.3 Å². The Hall–Kier alpha value is -1.63. The van der Waals surface area contributed by atoms with Crippen LogP contribution in [0.2, 0.25) is 0 Å². The lowest BCUT2D eigenvalue weighted by Crippen LogP contribution is -2.47. The number of nitrogens with zero attached hydrogens (tertiary/aromatic N) is 4. The van der Waals surface area contributed by atoms with Crippen LogP contribution in [0.5, 0.6) is 0 Å². The lowest BCUT2D eigenvalue weighted by atomic mass is 9.94. The van der Waals surface area contributed by atoms with Crippen LogP contribution in [0.1, 0.15) is 32.1 Å². The predicted octanol–water partition coefficient (Wildman–Crippen LogP) is -0.390. The summed E-state index contributed by atoms with van der Waals surface area (Å²) < 4.78 is 2.24. The number of aromatic nitrogens is 3. The van der Waals surface area contributed by atoms with Gasteiger partial charge >= 0.3 is 5.69 Å². The first-order chi connectivity index (χ1) is 9.56. The van der Waals surface area contributed by atoms with Gasteiger partial charge in [0.1, 0.15) is 0 Å². The minimum Gasteiger partial charge on any atom is -0.395 e. The van der Waals surface area contributed by atoms with E-state index in [4.69, 9.17) is 0 Å². The van der Waals surface area contributed by atoms with Crippen molar-refractivity contribution in [3.8, 4) is 0 Å². The summed E-state index contributed by atoms with van der Waals surface area (Å²) >= 11 is 0. The molecule has 1 aliphatic rings. The molecule has 0 radical (unpaired) electrons. The molecule has 1 aromatic heterocycles. The number of hydrogen-bond donors (Lipinski definition) is 1. The lowest BCUT2D eigenvalue weighted by Gasteiger charge is -2.34. The van der Waals surface area contributed by atoms with Gasteiger partial charge in [0.2, 0.25) is 5.82 Å². The third-order valence-electron chi connectivity index (χ3n) is 3.93. The Morgan fingerprint density at radius 1 is 1.25 bits per heavy atom.